The molecule has 3 nitrogen and oxygen atoms in total. The molecule has 0 spiro atoms. The van der Waals surface area contributed by atoms with Crippen LogP contribution in [0.4, 0.5) is 0 Å². The van der Waals surface area contributed by atoms with Gasteiger partial charge in [-0.3, -0.25) is 4.79 Å². The van der Waals surface area contributed by atoms with Gasteiger partial charge in [-0.05, 0) is 19.8 Å². The van der Waals surface area contributed by atoms with Crippen LogP contribution in [0, 0.1) is 0 Å². The predicted molar refractivity (Wildman–Crippen MR) is 51.3 cm³/mol. The maximum atomic E-state index is 11.3. The molecule has 3 heteroatoms. The van der Waals surface area contributed by atoms with Gasteiger partial charge in [0.2, 0.25) is 5.91 Å². The molecule has 1 aliphatic heterocycles. The minimum atomic E-state index is -0.700. The standard InChI is InChI=1S/C10H19NO2/c1-3-6-10(2,13)8-11-7-4-5-9(11)12/h13H,3-8H2,1-2H3. The van der Waals surface area contributed by atoms with Crippen molar-refractivity contribution < 1.29 is 9.90 Å². The lowest BCUT2D eigenvalue weighted by Crippen LogP contribution is -2.41. The van der Waals surface area contributed by atoms with E-state index in [0.29, 0.717) is 13.0 Å². The minimum Gasteiger partial charge on any atom is -0.388 e. The van der Waals surface area contributed by atoms with Gasteiger partial charge in [-0.2, -0.15) is 0 Å². The predicted octanol–water partition coefficient (Wildman–Crippen LogP) is 1.16. The summed E-state index contributed by atoms with van der Waals surface area (Å²) < 4.78 is 0. The van der Waals surface area contributed by atoms with Crippen LogP contribution in [-0.4, -0.2) is 34.6 Å². The molecule has 0 aromatic heterocycles. The van der Waals surface area contributed by atoms with E-state index < -0.39 is 5.60 Å². The zero-order chi connectivity index (χ0) is 9.90. The second-order valence-electron chi connectivity index (χ2n) is 4.17. The van der Waals surface area contributed by atoms with Crippen molar-refractivity contribution in [3.8, 4) is 0 Å². The Balaban J connectivity index is 2.42. The molecule has 1 rings (SSSR count). The van der Waals surface area contributed by atoms with Crippen LogP contribution in [0.3, 0.4) is 0 Å². The summed E-state index contributed by atoms with van der Waals surface area (Å²) in [6.45, 7) is 5.17. The lowest BCUT2D eigenvalue weighted by Gasteiger charge is -2.28. The van der Waals surface area contributed by atoms with Gasteiger partial charge in [0.25, 0.3) is 0 Å². The monoisotopic (exact) mass is 185 g/mol. The second-order valence-corrected chi connectivity index (χ2v) is 4.17. The van der Waals surface area contributed by atoms with Crippen LogP contribution in [0.2, 0.25) is 0 Å². The Morgan fingerprint density at radius 3 is 2.77 bits per heavy atom. The smallest absolute Gasteiger partial charge is 0.222 e. The summed E-state index contributed by atoms with van der Waals surface area (Å²) in [5.74, 6) is 0.191. The molecule has 0 aromatic rings. The van der Waals surface area contributed by atoms with E-state index in [4.69, 9.17) is 0 Å². The summed E-state index contributed by atoms with van der Waals surface area (Å²) in [7, 11) is 0. The molecule has 1 amide bonds. The van der Waals surface area contributed by atoms with Gasteiger partial charge in [0.15, 0.2) is 0 Å². The zero-order valence-electron chi connectivity index (χ0n) is 8.55. The highest BCUT2D eigenvalue weighted by Crippen LogP contribution is 2.18. The van der Waals surface area contributed by atoms with E-state index in [1.807, 2.05) is 13.8 Å². The van der Waals surface area contributed by atoms with Crippen molar-refractivity contribution in [2.45, 2.75) is 45.1 Å². The zero-order valence-corrected chi connectivity index (χ0v) is 8.55. The molecule has 13 heavy (non-hydrogen) atoms. The molecule has 1 aliphatic rings. The number of β-amino-alcohol motifs (C(OH)–C–C–N with tert-alkyl or cyclic N) is 1. The quantitative estimate of drug-likeness (QED) is 0.714. The average Bonchev–Trinajstić information content (AvgIpc) is 2.35. The van der Waals surface area contributed by atoms with E-state index in [1.54, 1.807) is 4.90 Å². The van der Waals surface area contributed by atoms with Gasteiger partial charge in [-0.25, -0.2) is 0 Å². The number of nitrogens with zero attached hydrogens (tertiary/aromatic N) is 1. The number of rotatable bonds is 4. The van der Waals surface area contributed by atoms with E-state index in [2.05, 4.69) is 0 Å². The Kier molecular flexibility index (Phi) is 3.31. The molecule has 1 unspecified atom stereocenters. The average molecular weight is 185 g/mol. The summed E-state index contributed by atoms with van der Waals surface area (Å²) in [4.78, 5) is 13.0. The topological polar surface area (TPSA) is 40.5 Å². The second kappa shape index (κ2) is 4.09. The van der Waals surface area contributed by atoms with Gasteiger partial charge < -0.3 is 10.0 Å². The van der Waals surface area contributed by atoms with Gasteiger partial charge in [0.05, 0.1) is 5.60 Å². The number of hydrogen-bond donors (Lipinski definition) is 1. The van der Waals surface area contributed by atoms with Gasteiger partial charge in [-0.15, -0.1) is 0 Å². The van der Waals surface area contributed by atoms with Crippen molar-refractivity contribution in [3.63, 3.8) is 0 Å². The molecular weight excluding hydrogens is 166 g/mol. The largest absolute Gasteiger partial charge is 0.388 e. The molecule has 0 saturated carbocycles. The first-order valence-electron chi connectivity index (χ1n) is 5.05. The number of likely N-dealkylation sites (tertiary alicyclic amines) is 1. The molecule has 1 saturated heterocycles. The fraction of sp³-hybridized carbons (Fsp3) is 0.900. The fourth-order valence-electron chi connectivity index (χ4n) is 1.90. The molecule has 1 atom stereocenters. The van der Waals surface area contributed by atoms with Crippen LogP contribution in [0.1, 0.15) is 39.5 Å². The highest BCUT2D eigenvalue weighted by molar-refractivity contribution is 5.78. The summed E-state index contributed by atoms with van der Waals surface area (Å²) in [6.07, 6.45) is 3.31. The van der Waals surface area contributed by atoms with E-state index in [9.17, 15) is 9.90 Å². The van der Waals surface area contributed by atoms with E-state index in [-0.39, 0.29) is 5.91 Å². The minimum absolute atomic E-state index is 0.191. The van der Waals surface area contributed by atoms with E-state index in [0.717, 1.165) is 25.8 Å². The Bertz CT molecular complexity index is 189. The Morgan fingerprint density at radius 2 is 2.31 bits per heavy atom. The highest BCUT2D eigenvalue weighted by atomic mass is 16.3. The number of hydrogen-bond acceptors (Lipinski definition) is 2. The third-order valence-corrected chi connectivity index (χ3v) is 2.49. The van der Waals surface area contributed by atoms with E-state index >= 15 is 0 Å². The maximum absolute atomic E-state index is 11.3. The number of carbonyl (C=O) groups excluding carboxylic acids is 1. The van der Waals surface area contributed by atoms with Crippen LogP contribution in [0.25, 0.3) is 0 Å². The molecule has 0 bridgehead atoms. The first-order valence-corrected chi connectivity index (χ1v) is 5.05. The van der Waals surface area contributed by atoms with Crippen LogP contribution in [0.15, 0.2) is 0 Å². The SMILES string of the molecule is CCCC(C)(O)CN1CCCC1=O. The molecule has 76 valence electrons. The van der Waals surface area contributed by atoms with Crippen LogP contribution in [-0.2, 0) is 4.79 Å². The van der Waals surface area contributed by atoms with Crippen LogP contribution in [0.5, 0.6) is 0 Å². The van der Waals surface area contributed by atoms with E-state index in [1.165, 1.54) is 0 Å². The third kappa shape index (κ3) is 2.99. The Hall–Kier alpha value is -0.570. The van der Waals surface area contributed by atoms with Crippen molar-refractivity contribution in [2.24, 2.45) is 0 Å². The van der Waals surface area contributed by atoms with Gasteiger partial charge in [0, 0.05) is 19.5 Å². The summed E-state index contributed by atoms with van der Waals surface area (Å²) in [5.41, 5.74) is -0.700. The van der Waals surface area contributed by atoms with Crippen molar-refractivity contribution in [3.05, 3.63) is 0 Å². The molecule has 1 fully saturated rings. The first-order chi connectivity index (χ1) is 6.05. The van der Waals surface area contributed by atoms with Crippen LogP contribution < -0.4 is 0 Å². The normalized spacial score (nSPS) is 22.1. The molecule has 0 aliphatic carbocycles. The van der Waals surface area contributed by atoms with Gasteiger partial charge in [-0.1, -0.05) is 13.3 Å². The molecule has 1 heterocycles. The summed E-state index contributed by atoms with van der Waals surface area (Å²) in [6, 6.07) is 0. The highest BCUT2D eigenvalue weighted by Gasteiger charge is 2.28. The van der Waals surface area contributed by atoms with Crippen molar-refractivity contribution >= 4 is 5.91 Å². The molecule has 0 aromatic carbocycles. The third-order valence-electron chi connectivity index (χ3n) is 2.49. The lowest BCUT2D eigenvalue weighted by atomic mass is 10.0. The lowest BCUT2D eigenvalue weighted by molar-refractivity contribution is -0.130. The van der Waals surface area contributed by atoms with Gasteiger partial charge in [0.1, 0.15) is 0 Å². The molecular formula is C10H19NO2. The maximum Gasteiger partial charge on any atom is 0.222 e. The molecule has 0 radical (unpaired) electrons. The Morgan fingerprint density at radius 1 is 1.62 bits per heavy atom. The van der Waals surface area contributed by atoms with Crippen molar-refractivity contribution in [1.82, 2.24) is 4.90 Å². The molecule has 1 N–H and O–H groups in total. The van der Waals surface area contributed by atoms with Crippen molar-refractivity contribution in [1.29, 1.82) is 0 Å². The van der Waals surface area contributed by atoms with Gasteiger partial charge >= 0.3 is 0 Å². The number of aliphatic hydroxyl groups is 1. The van der Waals surface area contributed by atoms with Crippen molar-refractivity contribution in [2.75, 3.05) is 13.1 Å². The summed E-state index contributed by atoms with van der Waals surface area (Å²) in [5, 5.41) is 9.90. The Labute approximate surface area is 79.7 Å². The van der Waals surface area contributed by atoms with Crippen LogP contribution >= 0.6 is 0 Å². The first kappa shape index (κ1) is 10.5. The fourth-order valence-corrected chi connectivity index (χ4v) is 1.90. The number of carbonyl (C=O) groups is 1. The number of amides is 1. The summed E-state index contributed by atoms with van der Waals surface area (Å²) >= 11 is 0.